The van der Waals surface area contributed by atoms with Crippen LogP contribution in [0.15, 0.2) is 30.3 Å². The van der Waals surface area contributed by atoms with Gasteiger partial charge in [-0.2, -0.15) is 5.92 Å². The summed E-state index contributed by atoms with van der Waals surface area (Å²) in [4.78, 5) is 0. The van der Waals surface area contributed by atoms with E-state index in [1.807, 2.05) is 6.07 Å². The van der Waals surface area contributed by atoms with Gasteiger partial charge in [-0.3, -0.25) is 0 Å². The molecule has 1 rings (SSSR count). The van der Waals surface area contributed by atoms with E-state index in [0.717, 1.165) is 6.42 Å². The first kappa shape index (κ1) is 10.8. The van der Waals surface area contributed by atoms with Gasteiger partial charge in [0.2, 0.25) is 0 Å². The summed E-state index contributed by atoms with van der Waals surface area (Å²) in [6, 6.07) is 10.5. The Morgan fingerprint density at radius 1 is 1.27 bits per heavy atom. The minimum Gasteiger partial charge on any atom is -0.340 e. The molecule has 0 amide bonds. The van der Waals surface area contributed by atoms with Crippen LogP contribution < -0.4 is 18.9 Å². The Labute approximate surface area is 81.2 Å². The topological polar surface area (TPSA) is 0 Å². The molecule has 0 N–H and O–H groups in total. The van der Waals surface area contributed by atoms with Crippen LogP contribution >= 0.6 is 0 Å². The maximum Gasteiger partial charge on any atom is 1.00 e. The van der Waals surface area contributed by atoms with Crippen LogP contribution in [-0.4, -0.2) is 0 Å². The van der Waals surface area contributed by atoms with Gasteiger partial charge < -0.3 is 6.92 Å². The van der Waals surface area contributed by atoms with Crippen molar-refractivity contribution in [2.24, 2.45) is 5.92 Å². The van der Waals surface area contributed by atoms with E-state index in [-0.39, 0.29) is 18.9 Å². The van der Waals surface area contributed by atoms with Crippen molar-refractivity contribution in [2.75, 3.05) is 0 Å². The van der Waals surface area contributed by atoms with Crippen LogP contribution in [-0.2, 0) is 6.42 Å². The second-order valence-electron chi connectivity index (χ2n) is 2.79. The van der Waals surface area contributed by atoms with Crippen molar-refractivity contribution in [1.29, 1.82) is 0 Å². The Hall–Kier alpha value is -0.183. The molecular formula is C10H13Li. The van der Waals surface area contributed by atoms with E-state index in [2.05, 4.69) is 38.1 Å². The van der Waals surface area contributed by atoms with Gasteiger partial charge in [0.25, 0.3) is 0 Å². The van der Waals surface area contributed by atoms with Crippen LogP contribution in [0.1, 0.15) is 12.5 Å². The summed E-state index contributed by atoms with van der Waals surface area (Å²) >= 11 is 0. The third-order valence-corrected chi connectivity index (χ3v) is 1.43. The molecule has 0 saturated carbocycles. The Morgan fingerprint density at radius 2 is 1.82 bits per heavy atom. The van der Waals surface area contributed by atoms with Gasteiger partial charge in [-0.1, -0.05) is 49.2 Å². The van der Waals surface area contributed by atoms with Crippen molar-refractivity contribution < 1.29 is 18.9 Å². The molecule has 11 heavy (non-hydrogen) atoms. The quantitative estimate of drug-likeness (QED) is 0.391. The van der Waals surface area contributed by atoms with Crippen LogP contribution in [0.4, 0.5) is 0 Å². The van der Waals surface area contributed by atoms with Crippen molar-refractivity contribution >= 4 is 0 Å². The van der Waals surface area contributed by atoms with Crippen molar-refractivity contribution in [1.82, 2.24) is 0 Å². The van der Waals surface area contributed by atoms with Crippen LogP contribution in [0.5, 0.6) is 0 Å². The first-order valence-corrected chi connectivity index (χ1v) is 3.66. The Bertz CT molecular complexity index is 179. The van der Waals surface area contributed by atoms with Gasteiger partial charge in [-0.25, -0.2) is 0 Å². The third-order valence-electron chi connectivity index (χ3n) is 1.43. The molecule has 0 spiro atoms. The van der Waals surface area contributed by atoms with Crippen LogP contribution in [0.3, 0.4) is 0 Å². The molecule has 0 aromatic heterocycles. The van der Waals surface area contributed by atoms with Gasteiger partial charge in [0.05, 0.1) is 0 Å². The molecule has 1 aromatic rings. The summed E-state index contributed by atoms with van der Waals surface area (Å²) < 4.78 is 0. The van der Waals surface area contributed by atoms with Gasteiger partial charge >= 0.3 is 18.9 Å². The van der Waals surface area contributed by atoms with Crippen molar-refractivity contribution in [2.45, 2.75) is 13.3 Å². The van der Waals surface area contributed by atoms with E-state index in [9.17, 15) is 0 Å². The van der Waals surface area contributed by atoms with E-state index in [1.165, 1.54) is 5.56 Å². The van der Waals surface area contributed by atoms with E-state index in [4.69, 9.17) is 0 Å². The maximum absolute atomic E-state index is 3.93. The average molecular weight is 140 g/mol. The minimum atomic E-state index is 0. The average Bonchev–Trinajstić information content (AvgIpc) is 1.88. The molecule has 0 aliphatic rings. The molecule has 0 aliphatic heterocycles. The van der Waals surface area contributed by atoms with Gasteiger partial charge in [0.1, 0.15) is 0 Å². The molecule has 1 heteroatoms. The van der Waals surface area contributed by atoms with Gasteiger partial charge in [-0.05, 0) is 0 Å². The van der Waals surface area contributed by atoms with Crippen LogP contribution in [0.2, 0.25) is 0 Å². The van der Waals surface area contributed by atoms with Gasteiger partial charge in [0.15, 0.2) is 0 Å². The van der Waals surface area contributed by atoms with E-state index < -0.39 is 0 Å². The fraction of sp³-hybridized carbons (Fsp3) is 0.300. The maximum atomic E-state index is 3.93. The molecule has 0 bridgehead atoms. The first-order valence-electron chi connectivity index (χ1n) is 3.66. The normalized spacial score (nSPS) is 11.8. The van der Waals surface area contributed by atoms with E-state index >= 15 is 0 Å². The Balaban J connectivity index is 0.000001000. The number of hydrogen-bond acceptors (Lipinski definition) is 0. The van der Waals surface area contributed by atoms with Crippen LogP contribution in [0.25, 0.3) is 0 Å². The van der Waals surface area contributed by atoms with Gasteiger partial charge in [-0.15, -0.1) is 0 Å². The summed E-state index contributed by atoms with van der Waals surface area (Å²) in [5, 5.41) is 0. The molecule has 0 saturated heterocycles. The number of rotatable bonds is 2. The molecular weight excluding hydrogens is 127 g/mol. The first-order chi connectivity index (χ1) is 4.79. The second-order valence-corrected chi connectivity index (χ2v) is 2.79. The molecule has 54 valence electrons. The zero-order valence-electron chi connectivity index (χ0n) is 7.38. The van der Waals surface area contributed by atoms with Gasteiger partial charge in [0, 0.05) is 0 Å². The largest absolute Gasteiger partial charge is 1.00 e. The minimum absolute atomic E-state index is 0. The summed E-state index contributed by atoms with van der Waals surface area (Å²) in [6.07, 6.45) is 1.08. The monoisotopic (exact) mass is 140 g/mol. The van der Waals surface area contributed by atoms with E-state index in [1.54, 1.807) is 0 Å². The SMILES string of the molecule is [CH2-][C@H](C)Cc1ccccc1.[Li+]. The number of benzene rings is 1. The summed E-state index contributed by atoms with van der Waals surface area (Å²) in [6.45, 7) is 6.07. The van der Waals surface area contributed by atoms with Crippen molar-refractivity contribution in [3.63, 3.8) is 0 Å². The molecule has 0 nitrogen and oxygen atoms in total. The summed E-state index contributed by atoms with van der Waals surface area (Å²) in [5.41, 5.74) is 1.38. The fourth-order valence-electron chi connectivity index (χ4n) is 1.02. The molecule has 0 heterocycles. The third kappa shape index (κ3) is 4.30. The smallest absolute Gasteiger partial charge is 0.340 e. The molecule has 0 unspecified atom stereocenters. The summed E-state index contributed by atoms with van der Waals surface area (Å²) in [5.74, 6) is 0.516. The second kappa shape index (κ2) is 5.47. The van der Waals surface area contributed by atoms with E-state index in [0.29, 0.717) is 5.92 Å². The predicted molar refractivity (Wildman–Crippen MR) is 44.7 cm³/mol. The number of hydrogen-bond donors (Lipinski definition) is 0. The molecule has 0 aliphatic carbocycles. The Morgan fingerprint density at radius 3 is 2.27 bits per heavy atom. The predicted octanol–water partition coefficient (Wildman–Crippen LogP) is -0.297. The van der Waals surface area contributed by atoms with Crippen molar-refractivity contribution in [3.05, 3.63) is 42.8 Å². The standard InChI is InChI=1S/C10H13.Li/c1-9(2)8-10-6-4-3-5-7-10;/h3-7,9H,1,8H2,2H3;/q-1;+1/t9-;/m1./s1. The van der Waals surface area contributed by atoms with Crippen LogP contribution in [0, 0.1) is 12.8 Å². The zero-order valence-corrected chi connectivity index (χ0v) is 7.38. The van der Waals surface area contributed by atoms with Crippen molar-refractivity contribution in [3.8, 4) is 0 Å². The summed E-state index contributed by atoms with van der Waals surface area (Å²) in [7, 11) is 0. The zero-order chi connectivity index (χ0) is 7.40. The Kier molecular flexibility index (Phi) is 5.37. The molecule has 0 fully saturated rings. The molecule has 1 atom stereocenters. The molecule has 0 radical (unpaired) electrons. The molecule has 1 aromatic carbocycles. The fourth-order valence-corrected chi connectivity index (χ4v) is 1.02.